The van der Waals surface area contributed by atoms with E-state index in [0.29, 0.717) is 22.3 Å². The lowest BCUT2D eigenvalue weighted by molar-refractivity contribution is 0.0327. The van der Waals surface area contributed by atoms with Gasteiger partial charge in [-0.05, 0) is 13.0 Å². The number of hydrogen-bond acceptors (Lipinski definition) is 5. The fourth-order valence-electron chi connectivity index (χ4n) is 2.53. The van der Waals surface area contributed by atoms with E-state index in [-0.39, 0.29) is 5.56 Å². The third-order valence-electron chi connectivity index (χ3n) is 3.76. The van der Waals surface area contributed by atoms with Gasteiger partial charge in [0.05, 0.1) is 18.7 Å². The first-order chi connectivity index (χ1) is 11.5. The first kappa shape index (κ1) is 15.9. The summed E-state index contributed by atoms with van der Waals surface area (Å²) in [4.78, 5) is 16.7. The molecule has 2 aromatic heterocycles. The number of nitrogens with zero attached hydrogens (tertiary/aromatic N) is 3. The zero-order chi connectivity index (χ0) is 17.3. The van der Waals surface area contributed by atoms with Crippen LogP contribution in [0.25, 0.3) is 11.0 Å². The molecule has 7 heteroatoms. The Morgan fingerprint density at radius 3 is 2.75 bits per heavy atom. The minimum Gasteiger partial charge on any atom is -0.495 e. The second-order valence-electron chi connectivity index (χ2n) is 5.28. The maximum atomic E-state index is 13.8. The number of methoxy groups -OCH3 is 1. The van der Waals surface area contributed by atoms with Crippen molar-refractivity contribution in [1.82, 2.24) is 14.8 Å². The van der Waals surface area contributed by atoms with Gasteiger partial charge in [-0.2, -0.15) is 5.10 Å². The number of esters is 1. The Morgan fingerprint density at radius 1 is 1.29 bits per heavy atom. The van der Waals surface area contributed by atoms with Crippen molar-refractivity contribution in [1.29, 1.82) is 0 Å². The van der Waals surface area contributed by atoms with Crippen molar-refractivity contribution in [2.45, 2.75) is 13.0 Å². The van der Waals surface area contributed by atoms with Gasteiger partial charge in [0.1, 0.15) is 23.2 Å². The molecule has 1 aromatic carbocycles. The van der Waals surface area contributed by atoms with E-state index in [2.05, 4.69) is 10.1 Å². The number of rotatable bonds is 4. The zero-order valence-corrected chi connectivity index (χ0v) is 13.5. The third kappa shape index (κ3) is 2.68. The van der Waals surface area contributed by atoms with Crippen molar-refractivity contribution in [2.24, 2.45) is 7.05 Å². The number of benzene rings is 1. The van der Waals surface area contributed by atoms with E-state index in [0.717, 1.165) is 0 Å². The number of aryl methyl sites for hydroxylation is 1. The molecule has 0 fully saturated rings. The molecular formula is C17H16FN3O3. The van der Waals surface area contributed by atoms with E-state index in [1.165, 1.54) is 19.4 Å². The molecule has 0 N–H and O–H groups in total. The van der Waals surface area contributed by atoms with E-state index in [1.54, 1.807) is 43.0 Å². The van der Waals surface area contributed by atoms with Crippen LogP contribution in [0.15, 0.2) is 36.7 Å². The van der Waals surface area contributed by atoms with E-state index < -0.39 is 17.9 Å². The largest absolute Gasteiger partial charge is 0.495 e. The quantitative estimate of drug-likeness (QED) is 0.688. The fourth-order valence-corrected chi connectivity index (χ4v) is 2.53. The van der Waals surface area contributed by atoms with Gasteiger partial charge in [0.25, 0.3) is 0 Å². The predicted octanol–water partition coefficient (Wildman–Crippen LogP) is 3.03. The highest BCUT2D eigenvalue weighted by atomic mass is 19.1. The minimum atomic E-state index is -0.743. The summed E-state index contributed by atoms with van der Waals surface area (Å²) in [6.07, 6.45) is 2.20. The standard InChI is InChI=1S/C17H16FN3O3/c1-10(11-6-4-5-7-14(11)18)24-17(22)13-8-19-16-12(15(13)23-3)9-20-21(16)2/h4-10H,1-3H3/t10-/m0/s1. The number of carbonyl (C=O) groups is 1. The van der Waals surface area contributed by atoms with Gasteiger partial charge in [-0.25, -0.2) is 14.2 Å². The van der Waals surface area contributed by atoms with Crippen LogP contribution < -0.4 is 4.74 Å². The van der Waals surface area contributed by atoms with E-state index in [1.807, 2.05) is 0 Å². The fraction of sp³-hybridized carbons (Fsp3) is 0.235. The monoisotopic (exact) mass is 329 g/mol. The molecule has 124 valence electrons. The molecule has 0 aliphatic rings. The molecule has 0 amide bonds. The van der Waals surface area contributed by atoms with Gasteiger partial charge in [0.15, 0.2) is 5.65 Å². The molecule has 0 spiro atoms. The van der Waals surface area contributed by atoms with Crippen LogP contribution in [0.2, 0.25) is 0 Å². The summed E-state index contributed by atoms with van der Waals surface area (Å²) >= 11 is 0. The molecule has 0 aliphatic heterocycles. The lowest BCUT2D eigenvalue weighted by Crippen LogP contribution is -2.12. The van der Waals surface area contributed by atoms with Gasteiger partial charge in [-0.15, -0.1) is 0 Å². The Bertz CT molecular complexity index is 907. The molecule has 0 bridgehead atoms. The van der Waals surface area contributed by atoms with Crippen LogP contribution in [0.5, 0.6) is 5.75 Å². The summed E-state index contributed by atoms with van der Waals surface area (Å²) in [5, 5.41) is 4.70. The highest BCUT2D eigenvalue weighted by Crippen LogP contribution is 2.30. The Hall–Kier alpha value is -2.96. The minimum absolute atomic E-state index is 0.168. The number of pyridine rings is 1. The summed E-state index contributed by atoms with van der Waals surface area (Å²) in [6, 6.07) is 6.17. The van der Waals surface area contributed by atoms with Crippen LogP contribution in [-0.2, 0) is 11.8 Å². The Balaban J connectivity index is 1.93. The zero-order valence-electron chi connectivity index (χ0n) is 13.5. The van der Waals surface area contributed by atoms with Crippen molar-refractivity contribution in [3.05, 3.63) is 53.6 Å². The maximum Gasteiger partial charge on any atom is 0.344 e. The van der Waals surface area contributed by atoms with Gasteiger partial charge < -0.3 is 9.47 Å². The number of fused-ring (bicyclic) bond motifs is 1. The van der Waals surface area contributed by atoms with Crippen LogP contribution in [-0.4, -0.2) is 27.8 Å². The molecule has 1 atom stereocenters. The smallest absolute Gasteiger partial charge is 0.344 e. The van der Waals surface area contributed by atoms with E-state index in [9.17, 15) is 9.18 Å². The number of ether oxygens (including phenoxy) is 2. The van der Waals surface area contributed by atoms with Crippen LogP contribution in [0.1, 0.15) is 28.9 Å². The van der Waals surface area contributed by atoms with Crippen LogP contribution in [0, 0.1) is 5.82 Å². The highest BCUT2D eigenvalue weighted by molar-refractivity contribution is 5.98. The average Bonchev–Trinajstić information content (AvgIpc) is 2.95. The maximum absolute atomic E-state index is 13.8. The van der Waals surface area contributed by atoms with Crippen molar-refractivity contribution in [2.75, 3.05) is 7.11 Å². The van der Waals surface area contributed by atoms with Crippen LogP contribution in [0.4, 0.5) is 4.39 Å². The summed E-state index contributed by atoms with van der Waals surface area (Å²) in [5.74, 6) is -0.731. The molecule has 3 aromatic rings. The Labute approximate surface area is 137 Å². The molecule has 0 unspecified atom stereocenters. The van der Waals surface area contributed by atoms with Crippen molar-refractivity contribution in [3.63, 3.8) is 0 Å². The summed E-state index contributed by atoms with van der Waals surface area (Å²) < 4.78 is 26.1. The van der Waals surface area contributed by atoms with Gasteiger partial charge in [-0.1, -0.05) is 18.2 Å². The molecular weight excluding hydrogens is 313 g/mol. The number of hydrogen-bond donors (Lipinski definition) is 0. The van der Waals surface area contributed by atoms with Crippen molar-refractivity contribution >= 4 is 17.0 Å². The molecule has 24 heavy (non-hydrogen) atoms. The molecule has 0 saturated carbocycles. The van der Waals surface area contributed by atoms with Crippen molar-refractivity contribution in [3.8, 4) is 5.75 Å². The number of halogens is 1. The molecule has 0 aliphatic carbocycles. The summed E-state index contributed by atoms with van der Waals surface area (Å²) in [7, 11) is 3.20. The number of aromatic nitrogens is 3. The molecule has 6 nitrogen and oxygen atoms in total. The molecule has 0 saturated heterocycles. The van der Waals surface area contributed by atoms with E-state index in [4.69, 9.17) is 9.47 Å². The first-order valence-electron chi connectivity index (χ1n) is 7.33. The van der Waals surface area contributed by atoms with E-state index >= 15 is 0 Å². The first-order valence-corrected chi connectivity index (χ1v) is 7.33. The Morgan fingerprint density at radius 2 is 2.04 bits per heavy atom. The van der Waals surface area contributed by atoms with Crippen LogP contribution in [0.3, 0.4) is 0 Å². The third-order valence-corrected chi connectivity index (χ3v) is 3.76. The molecule has 2 heterocycles. The summed E-state index contributed by atoms with van der Waals surface area (Å²) in [5.41, 5.74) is 1.06. The predicted molar refractivity (Wildman–Crippen MR) is 85.3 cm³/mol. The summed E-state index contributed by atoms with van der Waals surface area (Å²) in [6.45, 7) is 1.61. The molecule has 3 rings (SSSR count). The average molecular weight is 329 g/mol. The second kappa shape index (κ2) is 6.27. The van der Waals surface area contributed by atoms with Crippen LogP contribution >= 0.6 is 0 Å². The SMILES string of the molecule is COc1c(C(=O)O[C@@H](C)c2ccccc2F)cnc2c1cnn2C. The lowest BCUT2D eigenvalue weighted by atomic mass is 10.1. The van der Waals surface area contributed by atoms with Gasteiger partial charge >= 0.3 is 5.97 Å². The highest BCUT2D eigenvalue weighted by Gasteiger charge is 2.22. The Kier molecular flexibility index (Phi) is 4.16. The van der Waals surface area contributed by atoms with Gasteiger partial charge in [0.2, 0.25) is 0 Å². The topological polar surface area (TPSA) is 66.2 Å². The lowest BCUT2D eigenvalue weighted by Gasteiger charge is -2.15. The van der Waals surface area contributed by atoms with Crippen molar-refractivity contribution < 1.29 is 18.7 Å². The van der Waals surface area contributed by atoms with Gasteiger partial charge in [0, 0.05) is 18.8 Å². The normalized spacial score (nSPS) is 12.2. The molecule has 0 radical (unpaired) electrons. The second-order valence-corrected chi connectivity index (χ2v) is 5.28. The van der Waals surface area contributed by atoms with Gasteiger partial charge in [-0.3, -0.25) is 4.68 Å². The number of carbonyl (C=O) groups excluding carboxylic acids is 1.